The van der Waals surface area contributed by atoms with Crippen molar-refractivity contribution in [2.75, 3.05) is 25.5 Å². The Hall–Kier alpha value is -3.36. The number of ether oxygens (including phenoxy) is 2. The van der Waals surface area contributed by atoms with Crippen LogP contribution in [0.3, 0.4) is 0 Å². The van der Waals surface area contributed by atoms with Gasteiger partial charge in [0.15, 0.2) is 11.5 Å². The summed E-state index contributed by atoms with van der Waals surface area (Å²) >= 11 is 0. The lowest BCUT2D eigenvalue weighted by molar-refractivity contribution is 0.1000. The van der Waals surface area contributed by atoms with Crippen LogP contribution in [0.25, 0.3) is 0 Å². The highest BCUT2D eigenvalue weighted by molar-refractivity contribution is 6.03. The number of hydrogen-bond donors (Lipinski definition) is 3. The third kappa shape index (κ3) is 3.08. The highest BCUT2D eigenvalue weighted by Crippen LogP contribution is 2.44. The van der Waals surface area contributed by atoms with Gasteiger partial charge in [0.2, 0.25) is 5.91 Å². The summed E-state index contributed by atoms with van der Waals surface area (Å²) in [4.78, 5) is 17.3. The molecule has 1 aromatic heterocycles. The highest BCUT2D eigenvalue weighted by Gasteiger charge is 2.34. The number of nitrogens with one attached hydrogen (secondary N) is 1. The van der Waals surface area contributed by atoms with Gasteiger partial charge in [0.1, 0.15) is 30.7 Å². The molecule has 0 bridgehead atoms. The lowest BCUT2D eigenvalue weighted by Gasteiger charge is -2.31. The van der Waals surface area contributed by atoms with Gasteiger partial charge in [-0.2, -0.15) is 0 Å². The number of amidine groups is 1. The van der Waals surface area contributed by atoms with E-state index in [1.165, 1.54) is 24.4 Å². The summed E-state index contributed by atoms with van der Waals surface area (Å²) < 4.78 is 25.4. The molecule has 0 aliphatic carbocycles. The van der Waals surface area contributed by atoms with Crippen molar-refractivity contribution in [3.8, 4) is 11.5 Å². The molecule has 1 aromatic carbocycles. The molecule has 2 aliphatic heterocycles. The Bertz CT molecular complexity index is 965. The first-order valence-corrected chi connectivity index (χ1v) is 8.95. The zero-order valence-corrected chi connectivity index (χ0v) is 15.1. The van der Waals surface area contributed by atoms with E-state index in [4.69, 9.17) is 26.4 Å². The van der Waals surface area contributed by atoms with E-state index in [2.05, 4.69) is 4.98 Å². The van der Waals surface area contributed by atoms with Gasteiger partial charge in [-0.1, -0.05) is 0 Å². The van der Waals surface area contributed by atoms with Gasteiger partial charge in [-0.25, -0.2) is 9.37 Å². The highest BCUT2D eigenvalue weighted by atomic mass is 19.1. The molecule has 1 atom stereocenters. The third-order valence-corrected chi connectivity index (χ3v) is 4.99. The van der Waals surface area contributed by atoms with E-state index in [-0.39, 0.29) is 23.3 Å². The summed E-state index contributed by atoms with van der Waals surface area (Å²) in [6.45, 7) is 1.32. The zero-order chi connectivity index (χ0) is 19.8. The number of nitrogen functional groups attached to an aromatic ring is 1. The SMILES string of the molecule is N=C(c1cc(C(N)=O)cnc1N)N1CCC[C@@H]1c1cc(F)cc2c1OCCO2. The molecule has 28 heavy (non-hydrogen) atoms. The van der Waals surface area contributed by atoms with Crippen LogP contribution in [0.2, 0.25) is 0 Å². The molecule has 3 heterocycles. The lowest BCUT2D eigenvalue weighted by atomic mass is 10.0. The predicted molar refractivity (Wildman–Crippen MR) is 100 cm³/mol. The fourth-order valence-electron chi connectivity index (χ4n) is 3.71. The van der Waals surface area contributed by atoms with E-state index < -0.39 is 11.7 Å². The second-order valence-corrected chi connectivity index (χ2v) is 6.74. The fraction of sp³-hybridized carbons (Fsp3) is 0.316. The van der Waals surface area contributed by atoms with Crippen LogP contribution in [0.15, 0.2) is 24.4 Å². The molecule has 5 N–H and O–H groups in total. The minimum atomic E-state index is -0.649. The number of rotatable bonds is 3. The van der Waals surface area contributed by atoms with Crippen LogP contribution in [-0.2, 0) is 0 Å². The summed E-state index contributed by atoms with van der Waals surface area (Å²) in [6.07, 6.45) is 2.80. The van der Waals surface area contributed by atoms with Crippen molar-refractivity contribution in [3.05, 3.63) is 46.9 Å². The average molecular weight is 385 g/mol. The Morgan fingerprint density at radius 3 is 2.86 bits per heavy atom. The van der Waals surface area contributed by atoms with Crippen molar-refractivity contribution in [3.63, 3.8) is 0 Å². The maximum absolute atomic E-state index is 14.2. The Morgan fingerprint density at radius 1 is 1.29 bits per heavy atom. The molecule has 0 saturated carbocycles. The topological polar surface area (TPSA) is 128 Å². The van der Waals surface area contributed by atoms with Gasteiger partial charge in [-0.15, -0.1) is 0 Å². The van der Waals surface area contributed by atoms with E-state index in [1.807, 2.05) is 4.90 Å². The zero-order valence-electron chi connectivity index (χ0n) is 15.1. The largest absolute Gasteiger partial charge is 0.486 e. The van der Waals surface area contributed by atoms with Crippen LogP contribution in [0.5, 0.6) is 11.5 Å². The summed E-state index contributed by atoms with van der Waals surface area (Å²) in [7, 11) is 0. The molecule has 0 unspecified atom stereocenters. The number of likely N-dealkylation sites (tertiary alicyclic amines) is 1. The van der Waals surface area contributed by atoms with Crippen LogP contribution >= 0.6 is 0 Å². The number of anilines is 1. The van der Waals surface area contributed by atoms with Crippen molar-refractivity contribution in [2.45, 2.75) is 18.9 Å². The molecular formula is C19H20FN5O3. The van der Waals surface area contributed by atoms with Gasteiger partial charge in [-0.3, -0.25) is 10.2 Å². The number of primary amides is 1. The van der Waals surface area contributed by atoms with Crippen molar-refractivity contribution in [2.24, 2.45) is 5.73 Å². The number of halogens is 1. The Labute approximate surface area is 160 Å². The van der Waals surface area contributed by atoms with Gasteiger partial charge in [0.05, 0.1) is 17.2 Å². The van der Waals surface area contributed by atoms with Gasteiger partial charge in [0, 0.05) is 24.4 Å². The summed E-state index contributed by atoms with van der Waals surface area (Å²) in [5.41, 5.74) is 12.4. The van der Waals surface area contributed by atoms with Crippen LogP contribution in [0.1, 0.15) is 40.4 Å². The van der Waals surface area contributed by atoms with E-state index in [0.29, 0.717) is 48.8 Å². The van der Waals surface area contributed by atoms with Gasteiger partial charge >= 0.3 is 0 Å². The summed E-state index contributed by atoms with van der Waals surface area (Å²) in [6, 6.07) is 3.91. The van der Waals surface area contributed by atoms with Crippen LogP contribution in [0.4, 0.5) is 10.2 Å². The predicted octanol–water partition coefficient (Wildman–Crippen LogP) is 1.84. The second-order valence-electron chi connectivity index (χ2n) is 6.74. The minimum Gasteiger partial charge on any atom is -0.486 e. The van der Waals surface area contributed by atoms with Crippen molar-refractivity contribution in [1.82, 2.24) is 9.88 Å². The standard InChI is InChI=1S/C19H20FN5O3/c20-11-7-12(16-15(8-11)27-4-5-28-16)14-2-1-3-25(14)18(22)13-6-10(19(23)26)9-24-17(13)21/h6-9,14,22H,1-5H2,(H2,21,24)(H2,23,26)/t14-/m1/s1. The molecule has 1 fully saturated rings. The molecule has 0 spiro atoms. The van der Waals surface area contributed by atoms with Gasteiger partial charge in [0.25, 0.3) is 0 Å². The summed E-state index contributed by atoms with van der Waals surface area (Å²) in [5, 5.41) is 8.67. The number of carbonyl (C=O) groups is 1. The Balaban J connectivity index is 1.72. The molecule has 8 nitrogen and oxygen atoms in total. The number of nitrogens with zero attached hydrogens (tertiary/aromatic N) is 2. The van der Waals surface area contributed by atoms with E-state index in [1.54, 1.807) is 0 Å². The van der Waals surface area contributed by atoms with Crippen LogP contribution in [0, 0.1) is 11.2 Å². The number of nitrogens with two attached hydrogens (primary N) is 2. The van der Waals surface area contributed by atoms with E-state index in [0.717, 1.165) is 6.42 Å². The number of hydrogen-bond acceptors (Lipinski definition) is 6. The molecule has 1 saturated heterocycles. The third-order valence-electron chi connectivity index (χ3n) is 4.99. The quantitative estimate of drug-likeness (QED) is 0.546. The Kier molecular flexibility index (Phi) is 4.50. The van der Waals surface area contributed by atoms with E-state index in [9.17, 15) is 9.18 Å². The summed E-state index contributed by atoms with van der Waals surface area (Å²) in [5.74, 6) is 0.0384. The molecule has 0 radical (unpaired) electrons. The smallest absolute Gasteiger partial charge is 0.250 e. The number of fused-ring (bicyclic) bond motifs is 1. The number of pyridine rings is 1. The average Bonchev–Trinajstić information content (AvgIpc) is 3.16. The van der Waals surface area contributed by atoms with Gasteiger partial charge < -0.3 is 25.8 Å². The number of carbonyl (C=O) groups excluding carboxylic acids is 1. The number of amides is 1. The van der Waals surface area contributed by atoms with E-state index >= 15 is 0 Å². The van der Waals surface area contributed by atoms with Gasteiger partial charge in [-0.05, 0) is 25.0 Å². The van der Waals surface area contributed by atoms with Crippen LogP contribution < -0.4 is 20.9 Å². The number of aromatic nitrogens is 1. The maximum atomic E-state index is 14.2. The first-order chi connectivity index (χ1) is 13.5. The van der Waals surface area contributed by atoms with Crippen molar-refractivity contribution < 1.29 is 18.7 Å². The van der Waals surface area contributed by atoms with Crippen molar-refractivity contribution in [1.29, 1.82) is 5.41 Å². The normalized spacial score (nSPS) is 18.2. The molecule has 4 rings (SSSR count). The minimum absolute atomic E-state index is 0.102. The second kappa shape index (κ2) is 6.99. The monoisotopic (exact) mass is 385 g/mol. The molecule has 146 valence electrons. The number of benzene rings is 1. The Morgan fingerprint density at radius 2 is 2.07 bits per heavy atom. The first kappa shape index (κ1) is 18.0. The molecule has 2 aromatic rings. The lowest BCUT2D eigenvalue weighted by Crippen LogP contribution is -2.32. The maximum Gasteiger partial charge on any atom is 0.250 e. The molecule has 9 heteroatoms. The molecule has 1 amide bonds. The molecular weight excluding hydrogens is 365 g/mol. The van der Waals surface area contributed by atoms with Crippen molar-refractivity contribution >= 4 is 17.6 Å². The fourth-order valence-corrected chi connectivity index (χ4v) is 3.71. The van der Waals surface area contributed by atoms with Crippen LogP contribution in [-0.4, -0.2) is 41.4 Å². The molecule has 2 aliphatic rings. The first-order valence-electron chi connectivity index (χ1n) is 8.95.